The Balaban J connectivity index is 1.95. The van der Waals surface area contributed by atoms with Crippen molar-refractivity contribution in [2.45, 2.75) is 31.4 Å². The Labute approximate surface area is 124 Å². The van der Waals surface area contributed by atoms with E-state index in [1.165, 1.54) is 11.8 Å². The van der Waals surface area contributed by atoms with Gasteiger partial charge in [0.2, 0.25) is 0 Å². The number of hydrogen-bond acceptors (Lipinski definition) is 7. The molecule has 2 rings (SSSR count). The number of thioether (sulfide) groups is 1. The van der Waals surface area contributed by atoms with Crippen LogP contribution in [0.4, 0.5) is 10.2 Å². The molecule has 0 aliphatic carbocycles. The van der Waals surface area contributed by atoms with E-state index in [4.69, 9.17) is 15.2 Å². The minimum atomic E-state index is -0.777. The van der Waals surface area contributed by atoms with Crippen molar-refractivity contribution in [2.24, 2.45) is 0 Å². The van der Waals surface area contributed by atoms with Crippen LogP contribution >= 0.6 is 11.8 Å². The summed E-state index contributed by atoms with van der Waals surface area (Å²) in [6.45, 7) is 1.98. The summed E-state index contributed by atoms with van der Waals surface area (Å²) < 4.78 is 25.0. The second-order valence-electron chi connectivity index (χ2n) is 4.45. The van der Waals surface area contributed by atoms with E-state index in [2.05, 4.69) is 4.98 Å². The Bertz CT molecular complexity index is 580. The summed E-state index contributed by atoms with van der Waals surface area (Å²) in [5, 5.41) is 0. The summed E-state index contributed by atoms with van der Waals surface area (Å²) in [6.07, 6.45) is 1.39. The number of nitrogen functional groups attached to an aromatic ring is 1. The third-order valence-corrected chi connectivity index (χ3v) is 3.91. The molecule has 0 aromatic carbocycles. The highest BCUT2D eigenvalue weighted by Gasteiger charge is 2.29. The lowest BCUT2D eigenvalue weighted by atomic mass is 10.3. The van der Waals surface area contributed by atoms with Gasteiger partial charge < -0.3 is 15.2 Å². The van der Waals surface area contributed by atoms with Crippen molar-refractivity contribution in [2.75, 3.05) is 18.1 Å². The number of ether oxygens (including phenoxy) is 2. The van der Waals surface area contributed by atoms with Crippen LogP contribution < -0.4 is 11.4 Å². The molecule has 7 nitrogen and oxygen atoms in total. The molecule has 2 atom stereocenters. The van der Waals surface area contributed by atoms with Gasteiger partial charge in [0.05, 0.1) is 6.20 Å². The predicted molar refractivity (Wildman–Crippen MR) is 75.1 cm³/mol. The molecule has 1 aromatic rings. The number of nitrogens with two attached hydrogens (primary N) is 1. The molecule has 2 heterocycles. The van der Waals surface area contributed by atoms with Crippen molar-refractivity contribution in [3.05, 3.63) is 22.5 Å². The van der Waals surface area contributed by atoms with Gasteiger partial charge >= 0.3 is 11.7 Å². The highest BCUT2D eigenvalue weighted by Crippen LogP contribution is 2.31. The molecule has 0 spiro atoms. The van der Waals surface area contributed by atoms with E-state index in [1.807, 2.05) is 6.92 Å². The molecule has 2 unspecified atom stereocenters. The fourth-order valence-electron chi connectivity index (χ4n) is 1.78. The molecule has 1 aromatic heterocycles. The molecule has 0 bridgehead atoms. The Morgan fingerprint density at radius 2 is 2.48 bits per heavy atom. The highest BCUT2D eigenvalue weighted by molar-refractivity contribution is 8.00. The summed E-state index contributed by atoms with van der Waals surface area (Å²) >= 11 is 1.38. The number of halogens is 1. The quantitative estimate of drug-likeness (QED) is 0.806. The minimum Gasteiger partial charge on any atom is -0.462 e. The summed E-state index contributed by atoms with van der Waals surface area (Å²) in [7, 11) is 0. The van der Waals surface area contributed by atoms with Gasteiger partial charge in [-0.2, -0.15) is 4.98 Å². The van der Waals surface area contributed by atoms with Gasteiger partial charge in [0.1, 0.15) is 18.3 Å². The zero-order valence-electron chi connectivity index (χ0n) is 11.5. The molecule has 0 radical (unpaired) electrons. The summed E-state index contributed by atoms with van der Waals surface area (Å²) in [6, 6.07) is 0. The first-order valence-electron chi connectivity index (χ1n) is 6.48. The van der Waals surface area contributed by atoms with Crippen LogP contribution in [0.25, 0.3) is 0 Å². The maximum atomic E-state index is 13.4. The van der Waals surface area contributed by atoms with Crippen LogP contribution in [0, 0.1) is 5.82 Å². The first-order chi connectivity index (χ1) is 10.0. The van der Waals surface area contributed by atoms with Gasteiger partial charge in [0, 0.05) is 12.2 Å². The minimum absolute atomic E-state index is 0.0969. The van der Waals surface area contributed by atoms with Crippen LogP contribution in [0.1, 0.15) is 26.0 Å². The average molecular weight is 317 g/mol. The number of hydrogen-bond donors (Lipinski definition) is 1. The first-order valence-corrected chi connectivity index (χ1v) is 7.53. The van der Waals surface area contributed by atoms with Gasteiger partial charge in [0.15, 0.2) is 11.6 Å². The number of carbonyl (C=O) groups excluding carboxylic acids is 1. The number of aromatic nitrogens is 2. The van der Waals surface area contributed by atoms with Crippen LogP contribution in [-0.2, 0) is 14.3 Å². The molecule has 1 aliphatic rings. The van der Waals surface area contributed by atoms with Gasteiger partial charge in [-0.3, -0.25) is 9.36 Å². The number of rotatable bonds is 5. The van der Waals surface area contributed by atoms with E-state index in [9.17, 15) is 14.0 Å². The smallest absolute Gasteiger partial charge is 0.351 e. The summed E-state index contributed by atoms with van der Waals surface area (Å²) in [4.78, 5) is 26.3. The number of carbonyl (C=O) groups is 1. The molecule has 1 fully saturated rings. The van der Waals surface area contributed by atoms with E-state index in [1.54, 1.807) is 0 Å². The lowest BCUT2D eigenvalue weighted by Crippen LogP contribution is -2.30. The standard InChI is InChI=1S/C12H16FN3O4S/c1-2-3-9(17)19-5-10-20-8(6-21-10)16-4-7(13)11(14)15-12(16)18/h4,8,10H,2-3,5-6H2,1H3,(H2,14,15,18). The van der Waals surface area contributed by atoms with Crippen LogP contribution in [0.15, 0.2) is 11.0 Å². The number of anilines is 1. The van der Waals surface area contributed by atoms with Gasteiger partial charge in [-0.05, 0) is 6.42 Å². The molecular formula is C12H16FN3O4S. The highest BCUT2D eigenvalue weighted by atomic mass is 32.2. The van der Waals surface area contributed by atoms with Crippen molar-refractivity contribution in [1.82, 2.24) is 9.55 Å². The van der Waals surface area contributed by atoms with Gasteiger partial charge in [0.25, 0.3) is 0 Å². The van der Waals surface area contributed by atoms with E-state index in [-0.39, 0.29) is 18.0 Å². The largest absolute Gasteiger partial charge is 0.462 e. The number of esters is 1. The molecule has 116 valence electrons. The molecule has 9 heteroatoms. The maximum Gasteiger partial charge on any atom is 0.351 e. The Morgan fingerprint density at radius 1 is 1.71 bits per heavy atom. The fraction of sp³-hybridized carbons (Fsp3) is 0.583. The number of nitrogens with zero attached hydrogens (tertiary/aromatic N) is 2. The molecule has 0 saturated carbocycles. The first kappa shape index (κ1) is 15.8. The lowest BCUT2D eigenvalue weighted by molar-refractivity contribution is -0.146. The van der Waals surface area contributed by atoms with E-state index in [0.717, 1.165) is 10.8 Å². The molecule has 1 aliphatic heterocycles. The Morgan fingerprint density at radius 3 is 3.19 bits per heavy atom. The van der Waals surface area contributed by atoms with Crippen molar-refractivity contribution < 1.29 is 18.7 Å². The Hall–Kier alpha value is -1.61. The zero-order valence-corrected chi connectivity index (χ0v) is 12.3. The molecular weight excluding hydrogens is 301 g/mol. The van der Waals surface area contributed by atoms with E-state index in [0.29, 0.717) is 18.6 Å². The van der Waals surface area contributed by atoms with Crippen molar-refractivity contribution in [3.8, 4) is 0 Å². The van der Waals surface area contributed by atoms with Crippen molar-refractivity contribution >= 4 is 23.5 Å². The third kappa shape index (κ3) is 3.94. The van der Waals surface area contributed by atoms with E-state index < -0.39 is 23.6 Å². The predicted octanol–water partition coefficient (Wildman–Crippen LogP) is 0.896. The van der Waals surface area contributed by atoms with Crippen LogP contribution in [0.5, 0.6) is 0 Å². The average Bonchev–Trinajstić information content (AvgIpc) is 2.89. The second-order valence-corrected chi connectivity index (χ2v) is 5.64. The monoisotopic (exact) mass is 317 g/mol. The third-order valence-electron chi connectivity index (χ3n) is 2.81. The second kappa shape index (κ2) is 6.90. The zero-order chi connectivity index (χ0) is 15.4. The topological polar surface area (TPSA) is 96.4 Å². The van der Waals surface area contributed by atoms with Gasteiger partial charge in [-0.1, -0.05) is 6.92 Å². The van der Waals surface area contributed by atoms with Gasteiger partial charge in [-0.25, -0.2) is 9.18 Å². The van der Waals surface area contributed by atoms with Crippen LogP contribution in [0.2, 0.25) is 0 Å². The SMILES string of the molecule is CCCC(=O)OCC1OC(n2cc(F)c(N)nc2=O)CS1. The molecule has 1 saturated heterocycles. The Kier molecular flexibility index (Phi) is 5.18. The van der Waals surface area contributed by atoms with Crippen molar-refractivity contribution in [3.63, 3.8) is 0 Å². The summed E-state index contributed by atoms with van der Waals surface area (Å²) in [5.74, 6) is -1.07. The normalized spacial score (nSPS) is 21.4. The molecule has 2 N–H and O–H groups in total. The van der Waals surface area contributed by atoms with Gasteiger partial charge in [-0.15, -0.1) is 11.8 Å². The lowest BCUT2D eigenvalue weighted by Gasteiger charge is -2.15. The fourth-order valence-corrected chi connectivity index (χ4v) is 2.77. The van der Waals surface area contributed by atoms with Crippen molar-refractivity contribution in [1.29, 1.82) is 0 Å². The summed E-state index contributed by atoms with van der Waals surface area (Å²) in [5.41, 5.74) is 4.16. The molecule has 0 amide bonds. The van der Waals surface area contributed by atoms with Crippen LogP contribution in [0.3, 0.4) is 0 Å². The van der Waals surface area contributed by atoms with E-state index >= 15 is 0 Å². The van der Waals surface area contributed by atoms with Crippen LogP contribution in [-0.4, -0.2) is 33.3 Å². The molecule has 21 heavy (non-hydrogen) atoms. The maximum absolute atomic E-state index is 13.4.